The Kier molecular flexibility index (Phi) is 1.00. The van der Waals surface area contributed by atoms with Crippen LogP contribution in [-0.4, -0.2) is 0 Å². The first kappa shape index (κ1) is 5.62. The summed E-state index contributed by atoms with van der Waals surface area (Å²) in [5.41, 5.74) is 0. The van der Waals surface area contributed by atoms with Gasteiger partial charge in [0.15, 0.2) is 0 Å². The van der Waals surface area contributed by atoms with Gasteiger partial charge in [-0.25, -0.2) is 0 Å². The van der Waals surface area contributed by atoms with E-state index < -0.39 is 0 Å². The lowest BCUT2D eigenvalue weighted by Crippen LogP contribution is -1.93. The summed E-state index contributed by atoms with van der Waals surface area (Å²) in [5, 5.41) is 0. The summed E-state index contributed by atoms with van der Waals surface area (Å²) >= 11 is 0. The maximum atomic E-state index is 1.60. The Labute approximate surface area is 63.0 Å². The molecule has 0 saturated heterocycles. The second-order valence-electron chi connectivity index (χ2n) is 4.67. The first-order chi connectivity index (χ1) is 4.93. The highest BCUT2D eigenvalue weighted by atomic mass is 14.5. The molecule has 56 valence electrons. The minimum Gasteiger partial charge on any atom is -0.0499 e. The number of fused-ring (bicyclic) bond motifs is 2. The Balaban J connectivity index is 1.67. The van der Waals surface area contributed by atoms with Crippen LogP contribution in [0.1, 0.15) is 38.5 Å². The van der Waals surface area contributed by atoms with E-state index >= 15 is 0 Å². The van der Waals surface area contributed by atoms with Crippen LogP contribution in [0.15, 0.2) is 0 Å². The normalized spacial score (nSPS) is 57.6. The van der Waals surface area contributed by atoms with Crippen LogP contribution >= 0.6 is 0 Å². The van der Waals surface area contributed by atoms with E-state index in [1.54, 1.807) is 38.5 Å². The van der Waals surface area contributed by atoms with Gasteiger partial charge in [0.2, 0.25) is 0 Å². The van der Waals surface area contributed by atoms with Crippen LogP contribution in [0.4, 0.5) is 0 Å². The van der Waals surface area contributed by atoms with Crippen LogP contribution in [0.25, 0.3) is 0 Å². The van der Waals surface area contributed by atoms with E-state index in [1.807, 2.05) is 0 Å². The zero-order chi connectivity index (χ0) is 6.55. The van der Waals surface area contributed by atoms with E-state index in [0.29, 0.717) is 0 Å². The molecule has 0 amide bonds. The fourth-order valence-corrected chi connectivity index (χ4v) is 2.89. The SMILES string of the molecule is C1CC2CC2CCC2CC12. The topological polar surface area (TPSA) is 0 Å². The predicted molar refractivity (Wildman–Crippen MR) is 41.7 cm³/mol. The maximum absolute atomic E-state index is 1.60. The van der Waals surface area contributed by atoms with E-state index in [9.17, 15) is 0 Å². The lowest BCUT2D eigenvalue weighted by atomic mass is 10.0. The molecule has 4 atom stereocenters. The molecule has 0 aliphatic heterocycles. The number of hydrogen-bond acceptors (Lipinski definition) is 0. The van der Waals surface area contributed by atoms with E-state index in [2.05, 4.69) is 0 Å². The summed E-state index contributed by atoms with van der Waals surface area (Å²) in [7, 11) is 0. The molecule has 0 aromatic heterocycles. The van der Waals surface area contributed by atoms with Crippen LogP contribution in [0.5, 0.6) is 0 Å². The van der Waals surface area contributed by atoms with E-state index in [1.165, 1.54) is 23.7 Å². The maximum Gasteiger partial charge on any atom is -0.0383 e. The van der Waals surface area contributed by atoms with Gasteiger partial charge in [-0.2, -0.15) is 0 Å². The molecule has 4 unspecified atom stereocenters. The number of hydrogen-bond donors (Lipinski definition) is 0. The lowest BCUT2D eigenvalue weighted by Gasteiger charge is -2.04. The molecule has 3 rings (SSSR count). The summed E-state index contributed by atoms with van der Waals surface area (Å²) < 4.78 is 0. The molecular weight excluding hydrogens is 120 g/mol. The summed E-state index contributed by atoms with van der Waals surface area (Å²) in [6.07, 6.45) is 9.55. The molecule has 3 saturated carbocycles. The Hall–Kier alpha value is 0. The molecule has 3 fully saturated rings. The zero-order valence-corrected chi connectivity index (χ0v) is 6.55. The van der Waals surface area contributed by atoms with Crippen molar-refractivity contribution in [3.05, 3.63) is 0 Å². The van der Waals surface area contributed by atoms with Crippen molar-refractivity contribution in [1.82, 2.24) is 0 Å². The molecule has 0 N–H and O–H groups in total. The highest BCUT2D eigenvalue weighted by molar-refractivity contribution is 4.95. The second-order valence-corrected chi connectivity index (χ2v) is 4.67. The lowest BCUT2D eigenvalue weighted by molar-refractivity contribution is 0.468. The Bertz CT molecular complexity index is 116. The van der Waals surface area contributed by atoms with Gasteiger partial charge >= 0.3 is 0 Å². The third kappa shape index (κ3) is 0.810. The van der Waals surface area contributed by atoms with Crippen molar-refractivity contribution >= 4 is 0 Å². The van der Waals surface area contributed by atoms with Crippen molar-refractivity contribution in [2.24, 2.45) is 23.7 Å². The Morgan fingerprint density at radius 2 is 0.800 bits per heavy atom. The van der Waals surface area contributed by atoms with Crippen molar-refractivity contribution in [1.29, 1.82) is 0 Å². The molecule has 0 nitrogen and oxygen atoms in total. The largest absolute Gasteiger partial charge is 0.0499 e. The summed E-state index contributed by atoms with van der Waals surface area (Å²) in [5.74, 6) is 4.78. The summed E-state index contributed by atoms with van der Waals surface area (Å²) in [4.78, 5) is 0. The van der Waals surface area contributed by atoms with Crippen molar-refractivity contribution in [2.75, 3.05) is 0 Å². The third-order valence-corrected chi connectivity index (χ3v) is 3.95. The van der Waals surface area contributed by atoms with Gasteiger partial charge in [0.05, 0.1) is 0 Å². The summed E-state index contributed by atoms with van der Waals surface area (Å²) in [6, 6.07) is 0. The molecule has 0 aromatic carbocycles. The average molecular weight is 136 g/mol. The fraction of sp³-hybridized carbons (Fsp3) is 1.00. The minimum atomic E-state index is 1.20. The van der Waals surface area contributed by atoms with Gasteiger partial charge < -0.3 is 0 Å². The molecule has 0 bridgehead atoms. The quantitative estimate of drug-likeness (QED) is 0.480. The monoisotopic (exact) mass is 136 g/mol. The highest BCUT2D eigenvalue weighted by Crippen LogP contribution is 2.55. The summed E-state index contributed by atoms with van der Waals surface area (Å²) in [6.45, 7) is 0. The van der Waals surface area contributed by atoms with Crippen LogP contribution < -0.4 is 0 Å². The Morgan fingerprint density at radius 1 is 0.500 bits per heavy atom. The molecule has 3 aliphatic rings. The third-order valence-electron chi connectivity index (χ3n) is 3.95. The van der Waals surface area contributed by atoms with Gasteiger partial charge in [-0.05, 0) is 62.2 Å². The molecular formula is C10H16. The van der Waals surface area contributed by atoms with Gasteiger partial charge in [-0.1, -0.05) is 0 Å². The van der Waals surface area contributed by atoms with Gasteiger partial charge in [0.25, 0.3) is 0 Å². The van der Waals surface area contributed by atoms with Crippen molar-refractivity contribution in [2.45, 2.75) is 38.5 Å². The second kappa shape index (κ2) is 1.78. The molecule has 0 heteroatoms. The first-order valence-corrected chi connectivity index (χ1v) is 4.93. The molecule has 3 aliphatic carbocycles. The van der Waals surface area contributed by atoms with Crippen molar-refractivity contribution in [3.63, 3.8) is 0 Å². The standard InChI is InChI=1S/C10H16/c1-2-8-6-10(8)4-3-9-5-7(1)9/h7-10H,1-6H2. The van der Waals surface area contributed by atoms with Gasteiger partial charge in [-0.15, -0.1) is 0 Å². The van der Waals surface area contributed by atoms with Gasteiger partial charge in [0.1, 0.15) is 0 Å². The zero-order valence-electron chi connectivity index (χ0n) is 6.55. The van der Waals surface area contributed by atoms with Crippen molar-refractivity contribution < 1.29 is 0 Å². The van der Waals surface area contributed by atoms with E-state index in [-0.39, 0.29) is 0 Å². The van der Waals surface area contributed by atoms with Crippen LogP contribution in [0, 0.1) is 23.7 Å². The van der Waals surface area contributed by atoms with Crippen molar-refractivity contribution in [3.8, 4) is 0 Å². The smallest absolute Gasteiger partial charge is 0.0383 e. The molecule has 10 heavy (non-hydrogen) atoms. The van der Waals surface area contributed by atoms with Crippen LogP contribution in [0.2, 0.25) is 0 Å². The first-order valence-electron chi connectivity index (χ1n) is 4.93. The van der Waals surface area contributed by atoms with E-state index in [4.69, 9.17) is 0 Å². The minimum absolute atomic E-state index is 1.20. The molecule has 0 heterocycles. The van der Waals surface area contributed by atoms with Crippen LogP contribution in [-0.2, 0) is 0 Å². The van der Waals surface area contributed by atoms with Gasteiger partial charge in [0, 0.05) is 0 Å². The molecule has 0 aromatic rings. The Morgan fingerprint density at radius 3 is 1.10 bits per heavy atom. The molecule has 0 radical (unpaired) electrons. The number of rotatable bonds is 0. The van der Waals surface area contributed by atoms with Gasteiger partial charge in [-0.3, -0.25) is 0 Å². The highest BCUT2D eigenvalue weighted by Gasteiger charge is 2.44. The fourth-order valence-electron chi connectivity index (χ4n) is 2.89. The average Bonchev–Trinajstić information content (AvgIpc) is 2.70. The molecule has 0 spiro atoms. The van der Waals surface area contributed by atoms with Crippen LogP contribution in [0.3, 0.4) is 0 Å². The van der Waals surface area contributed by atoms with E-state index in [0.717, 1.165) is 0 Å². The predicted octanol–water partition coefficient (Wildman–Crippen LogP) is 2.83.